The maximum absolute atomic E-state index is 13.3. The number of rotatable bonds is 53. The summed E-state index contributed by atoms with van der Waals surface area (Å²) in [5.41, 5.74) is 0. The first-order valence-corrected chi connectivity index (χ1v) is 29.2. The van der Waals surface area contributed by atoms with E-state index >= 15 is 0 Å². The van der Waals surface area contributed by atoms with Crippen LogP contribution in [0.15, 0.2) is 36.5 Å². The van der Waals surface area contributed by atoms with E-state index in [4.69, 9.17) is 4.74 Å². The molecule has 0 aliphatic carbocycles. The number of hydrogen-bond acceptors (Lipinski definition) is 5. The van der Waals surface area contributed by atoms with Gasteiger partial charge in [0.15, 0.2) is 0 Å². The quantitative estimate of drug-likeness (QED) is 0.0321. The summed E-state index contributed by atoms with van der Waals surface area (Å²) in [4.78, 5) is 26.3. The molecule has 6 nitrogen and oxygen atoms in total. The molecule has 0 aromatic heterocycles. The van der Waals surface area contributed by atoms with Crippen molar-refractivity contribution in [1.82, 2.24) is 5.32 Å². The van der Waals surface area contributed by atoms with E-state index < -0.39 is 18.2 Å². The SMILES string of the molecule is CC/C=C/C/C=C/C/C=C/CCCCCCC(=O)OC(CCCCCCCCCCCCCCCCCC)CC(=O)NC(CO)C(O)CCCCCCCCCCCCCCCCCCC. The zero-order valence-electron chi connectivity index (χ0n) is 44.3. The van der Waals surface area contributed by atoms with Crippen LogP contribution in [0.2, 0.25) is 0 Å². The standard InChI is InChI=1S/C60H113NO5/c1-4-7-10-13-16-19-22-25-28-30-32-34-37-40-43-46-49-52-58(63)57(55-62)61-59(64)54-56(51-48-45-42-39-36-33-31-29-26-23-20-17-14-11-8-5-2)66-60(65)53-50-47-44-41-38-35-27-24-21-18-15-12-9-6-3/h9,12,18,21,27,35,56-58,62-63H,4-8,10-11,13-17,19-20,22-26,28-34,36-55H2,1-3H3,(H,61,64)/b12-9+,21-18+,35-27+. The molecule has 0 bridgehead atoms. The van der Waals surface area contributed by atoms with Crippen molar-refractivity contribution in [2.24, 2.45) is 0 Å². The summed E-state index contributed by atoms with van der Waals surface area (Å²) in [6.07, 6.45) is 65.0. The van der Waals surface area contributed by atoms with Crippen LogP contribution in [0.5, 0.6) is 0 Å². The van der Waals surface area contributed by atoms with E-state index in [-0.39, 0.29) is 24.9 Å². The molecule has 0 saturated heterocycles. The second-order valence-electron chi connectivity index (χ2n) is 20.0. The van der Waals surface area contributed by atoms with E-state index in [1.165, 1.54) is 186 Å². The molecule has 388 valence electrons. The van der Waals surface area contributed by atoms with Crippen molar-refractivity contribution in [2.75, 3.05) is 6.61 Å². The first-order valence-electron chi connectivity index (χ1n) is 29.2. The summed E-state index contributed by atoms with van der Waals surface area (Å²) >= 11 is 0. The molecule has 3 unspecified atom stereocenters. The van der Waals surface area contributed by atoms with Crippen LogP contribution < -0.4 is 5.32 Å². The van der Waals surface area contributed by atoms with Crippen molar-refractivity contribution >= 4 is 11.9 Å². The molecule has 0 heterocycles. The molecule has 0 fully saturated rings. The van der Waals surface area contributed by atoms with Crippen molar-refractivity contribution in [1.29, 1.82) is 0 Å². The molecule has 0 rings (SSSR count). The molecule has 0 aromatic rings. The van der Waals surface area contributed by atoms with E-state index in [1.54, 1.807) is 0 Å². The lowest BCUT2D eigenvalue weighted by Gasteiger charge is -2.24. The zero-order valence-corrected chi connectivity index (χ0v) is 44.3. The summed E-state index contributed by atoms with van der Waals surface area (Å²) in [6.45, 7) is 6.41. The number of carbonyl (C=O) groups excluding carboxylic acids is 2. The van der Waals surface area contributed by atoms with Gasteiger partial charge in [-0.25, -0.2) is 0 Å². The third kappa shape index (κ3) is 48.5. The molecular weight excluding hydrogens is 815 g/mol. The van der Waals surface area contributed by atoms with Gasteiger partial charge in [-0.2, -0.15) is 0 Å². The minimum Gasteiger partial charge on any atom is -0.462 e. The number of ether oxygens (including phenoxy) is 1. The molecule has 1 amide bonds. The predicted octanol–water partition coefficient (Wildman–Crippen LogP) is 18.0. The number of aliphatic hydroxyl groups excluding tert-OH is 2. The van der Waals surface area contributed by atoms with Crippen LogP contribution in [-0.4, -0.2) is 46.9 Å². The first-order chi connectivity index (χ1) is 32.5. The Balaban J connectivity index is 4.52. The summed E-state index contributed by atoms with van der Waals surface area (Å²) in [5, 5.41) is 23.9. The van der Waals surface area contributed by atoms with Gasteiger partial charge in [0.1, 0.15) is 6.10 Å². The van der Waals surface area contributed by atoms with Crippen LogP contribution in [0.25, 0.3) is 0 Å². The van der Waals surface area contributed by atoms with Gasteiger partial charge in [0, 0.05) is 6.42 Å². The minimum absolute atomic E-state index is 0.0732. The Hall–Kier alpha value is -1.92. The molecule has 3 atom stereocenters. The highest BCUT2D eigenvalue weighted by atomic mass is 16.5. The average Bonchev–Trinajstić information content (AvgIpc) is 3.31. The van der Waals surface area contributed by atoms with Crippen molar-refractivity contribution < 1.29 is 24.5 Å². The van der Waals surface area contributed by atoms with Crippen LogP contribution in [0, 0.1) is 0 Å². The Morgan fingerprint density at radius 3 is 1.24 bits per heavy atom. The highest BCUT2D eigenvalue weighted by Crippen LogP contribution is 2.19. The zero-order chi connectivity index (χ0) is 48.1. The molecule has 0 aromatic carbocycles. The number of allylic oxidation sites excluding steroid dienone is 6. The Labute approximate surface area is 411 Å². The Morgan fingerprint density at radius 2 is 0.818 bits per heavy atom. The van der Waals surface area contributed by atoms with Gasteiger partial charge < -0.3 is 20.3 Å². The van der Waals surface area contributed by atoms with Gasteiger partial charge >= 0.3 is 5.97 Å². The monoisotopic (exact) mass is 928 g/mol. The van der Waals surface area contributed by atoms with Gasteiger partial charge in [0.05, 0.1) is 25.2 Å². The van der Waals surface area contributed by atoms with Gasteiger partial charge in [-0.05, 0) is 57.8 Å². The fourth-order valence-electron chi connectivity index (χ4n) is 9.09. The molecule has 0 saturated carbocycles. The lowest BCUT2D eigenvalue weighted by Crippen LogP contribution is -2.46. The Kier molecular flexibility index (Phi) is 52.5. The largest absolute Gasteiger partial charge is 0.462 e. The average molecular weight is 929 g/mol. The third-order valence-corrected chi connectivity index (χ3v) is 13.5. The van der Waals surface area contributed by atoms with E-state index in [9.17, 15) is 19.8 Å². The minimum atomic E-state index is -0.790. The van der Waals surface area contributed by atoms with Gasteiger partial charge in [-0.3, -0.25) is 9.59 Å². The van der Waals surface area contributed by atoms with Gasteiger partial charge in [0.2, 0.25) is 5.91 Å². The number of esters is 1. The summed E-state index contributed by atoms with van der Waals surface area (Å²) < 4.78 is 5.95. The molecule has 3 N–H and O–H groups in total. The predicted molar refractivity (Wildman–Crippen MR) is 287 cm³/mol. The third-order valence-electron chi connectivity index (χ3n) is 13.5. The van der Waals surface area contributed by atoms with E-state index in [1.807, 2.05) is 0 Å². The van der Waals surface area contributed by atoms with Crippen molar-refractivity contribution in [3.05, 3.63) is 36.5 Å². The molecular formula is C60H113NO5. The number of hydrogen-bond donors (Lipinski definition) is 3. The molecule has 0 aliphatic rings. The van der Waals surface area contributed by atoms with Gasteiger partial charge in [-0.1, -0.05) is 276 Å². The molecule has 0 aliphatic heterocycles. The normalized spacial score (nSPS) is 13.3. The molecule has 6 heteroatoms. The van der Waals surface area contributed by atoms with Crippen molar-refractivity contribution in [2.45, 2.75) is 328 Å². The molecule has 0 spiro atoms. The van der Waals surface area contributed by atoms with Crippen molar-refractivity contribution in [3.8, 4) is 0 Å². The maximum atomic E-state index is 13.3. The smallest absolute Gasteiger partial charge is 0.306 e. The Morgan fingerprint density at radius 1 is 0.455 bits per heavy atom. The number of carbonyl (C=O) groups is 2. The lowest BCUT2D eigenvalue weighted by atomic mass is 10.0. The van der Waals surface area contributed by atoms with Gasteiger partial charge in [-0.15, -0.1) is 0 Å². The number of aliphatic hydroxyl groups is 2. The van der Waals surface area contributed by atoms with Crippen LogP contribution in [-0.2, 0) is 14.3 Å². The second kappa shape index (κ2) is 54.0. The van der Waals surface area contributed by atoms with Crippen LogP contribution in [0.4, 0.5) is 0 Å². The van der Waals surface area contributed by atoms with E-state index in [0.29, 0.717) is 19.3 Å². The lowest BCUT2D eigenvalue weighted by molar-refractivity contribution is -0.151. The number of nitrogens with one attached hydrogen (secondary N) is 1. The fraction of sp³-hybridized carbons (Fsp3) is 0.867. The molecule has 0 radical (unpaired) electrons. The maximum Gasteiger partial charge on any atom is 0.306 e. The first kappa shape index (κ1) is 64.1. The summed E-state index contributed by atoms with van der Waals surface area (Å²) in [7, 11) is 0. The highest BCUT2D eigenvalue weighted by molar-refractivity contribution is 5.77. The molecule has 66 heavy (non-hydrogen) atoms. The van der Waals surface area contributed by atoms with Crippen molar-refractivity contribution in [3.63, 3.8) is 0 Å². The number of amides is 1. The van der Waals surface area contributed by atoms with E-state index in [2.05, 4.69) is 62.5 Å². The summed E-state index contributed by atoms with van der Waals surface area (Å²) in [6, 6.07) is -0.704. The number of unbranched alkanes of at least 4 members (excludes halogenated alkanes) is 35. The van der Waals surface area contributed by atoms with Crippen LogP contribution >= 0.6 is 0 Å². The van der Waals surface area contributed by atoms with Gasteiger partial charge in [0.25, 0.3) is 0 Å². The highest BCUT2D eigenvalue weighted by Gasteiger charge is 2.24. The van der Waals surface area contributed by atoms with Crippen LogP contribution in [0.1, 0.15) is 310 Å². The topological polar surface area (TPSA) is 95.9 Å². The fourth-order valence-corrected chi connectivity index (χ4v) is 9.09. The summed E-state index contributed by atoms with van der Waals surface area (Å²) in [5.74, 6) is -0.482. The van der Waals surface area contributed by atoms with E-state index in [0.717, 1.165) is 77.0 Å². The second-order valence-corrected chi connectivity index (χ2v) is 20.0. The Bertz CT molecular complexity index is 1090. The van der Waals surface area contributed by atoms with Crippen LogP contribution in [0.3, 0.4) is 0 Å².